The molecule has 6 heteroatoms. The van der Waals surface area contributed by atoms with Crippen molar-refractivity contribution in [3.63, 3.8) is 0 Å². The molecular formula is C23H24N2O4. The lowest BCUT2D eigenvalue weighted by Crippen LogP contribution is -2.59. The predicted octanol–water partition coefficient (Wildman–Crippen LogP) is 1.73. The highest BCUT2D eigenvalue weighted by atomic mass is 16.5. The van der Waals surface area contributed by atoms with E-state index in [1.165, 1.54) is 7.11 Å². The molecule has 2 amide bonds. The molecule has 0 aromatic heterocycles. The fourth-order valence-electron chi connectivity index (χ4n) is 4.62. The van der Waals surface area contributed by atoms with Crippen LogP contribution in [0, 0.1) is 5.41 Å². The van der Waals surface area contributed by atoms with Crippen LogP contribution in [0.5, 0.6) is 0 Å². The molecule has 2 heterocycles. The molecule has 0 radical (unpaired) electrons. The van der Waals surface area contributed by atoms with Crippen LogP contribution in [0.1, 0.15) is 17.5 Å². The molecule has 2 aliphatic heterocycles. The Morgan fingerprint density at radius 1 is 1.07 bits per heavy atom. The molecule has 2 aliphatic rings. The Bertz CT molecular complexity index is 915. The zero-order valence-corrected chi connectivity index (χ0v) is 16.3. The van der Waals surface area contributed by atoms with Crippen LogP contribution in [0.25, 0.3) is 0 Å². The number of fused-ring (bicyclic) bond motifs is 1. The largest absolute Gasteiger partial charge is 0.468 e. The Morgan fingerprint density at radius 2 is 1.69 bits per heavy atom. The van der Waals surface area contributed by atoms with Gasteiger partial charge in [-0.1, -0.05) is 60.7 Å². The van der Waals surface area contributed by atoms with E-state index in [0.717, 1.165) is 11.1 Å². The lowest BCUT2D eigenvalue weighted by atomic mass is 9.77. The number of piperazine rings is 1. The van der Waals surface area contributed by atoms with E-state index >= 15 is 0 Å². The maximum atomic E-state index is 13.5. The molecule has 0 bridgehead atoms. The molecule has 1 N–H and O–H groups in total. The van der Waals surface area contributed by atoms with Crippen molar-refractivity contribution < 1.29 is 19.1 Å². The second-order valence-corrected chi connectivity index (χ2v) is 7.80. The van der Waals surface area contributed by atoms with Crippen LogP contribution in [-0.2, 0) is 32.0 Å². The number of rotatable bonds is 5. The maximum absolute atomic E-state index is 13.5. The van der Waals surface area contributed by atoms with Crippen LogP contribution in [0.4, 0.5) is 0 Å². The molecule has 150 valence electrons. The monoisotopic (exact) mass is 392 g/mol. The first-order valence-electron chi connectivity index (χ1n) is 9.80. The first-order chi connectivity index (χ1) is 14.0. The van der Waals surface area contributed by atoms with Crippen LogP contribution in [-0.4, -0.2) is 48.4 Å². The van der Waals surface area contributed by atoms with Crippen LogP contribution in [0.3, 0.4) is 0 Å². The molecule has 0 aliphatic carbocycles. The van der Waals surface area contributed by atoms with Crippen molar-refractivity contribution in [2.45, 2.75) is 31.3 Å². The molecular weight excluding hydrogens is 368 g/mol. The van der Waals surface area contributed by atoms with Gasteiger partial charge >= 0.3 is 5.97 Å². The van der Waals surface area contributed by atoms with Gasteiger partial charge in [0.05, 0.1) is 25.7 Å². The predicted molar refractivity (Wildman–Crippen MR) is 107 cm³/mol. The van der Waals surface area contributed by atoms with Gasteiger partial charge in [-0.3, -0.25) is 14.4 Å². The third-order valence-electron chi connectivity index (χ3n) is 5.98. The average Bonchev–Trinajstić information content (AvgIpc) is 3.02. The van der Waals surface area contributed by atoms with Crippen molar-refractivity contribution in [1.29, 1.82) is 0 Å². The van der Waals surface area contributed by atoms with Crippen molar-refractivity contribution >= 4 is 17.8 Å². The quantitative estimate of drug-likeness (QED) is 0.621. The lowest BCUT2D eigenvalue weighted by molar-refractivity contribution is -0.159. The summed E-state index contributed by atoms with van der Waals surface area (Å²) in [5.41, 5.74) is 0.665. The van der Waals surface area contributed by atoms with Crippen molar-refractivity contribution in [1.82, 2.24) is 10.2 Å². The fraction of sp³-hybridized carbons (Fsp3) is 0.348. The summed E-state index contributed by atoms with van der Waals surface area (Å²) < 4.78 is 5.07. The number of methoxy groups -OCH3 is 1. The Balaban J connectivity index is 1.67. The van der Waals surface area contributed by atoms with Gasteiger partial charge in [-0.15, -0.1) is 0 Å². The van der Waals surface area contributed by atoms with Gasteiger partial charge in [-0.05, 0) is 30.4 Å². The highest BCUT2D eigenvalue weighted by Crippen LogP contribution is 2.42. The zero-order valence-electron chi connectivity index (χ0n) is 16.3. The topological polar surface area (TPSA) is 75.7 Å². The number of hydrogen-bond acceptors (Lipinski definition) is 4. The Hall–Kier alpha value is -3.15. The molecule has 29 heavy (non-hydrogen) atoms. The van der Waals surface area contributed by atoms with Crippen molar-refractivity contribution in [3.8, 4) is 0 Å². The number of nitrogens with one attached hydrogen (secondary N) is 1. The summed E-state index contributed by atoms with van der Waals surface area (Å²) in [5, 5.41) is 3.03. The van der Waals surface area contributed by atoms with Crippen LogP contribution in [0.15, 0.2) is 60.7 Å². The molecule has 2 fully saturated rings. The van der Waals surface area contributed by atoms with Gasteiger partial charge in [0.1, 0.15) is 0 Å². The SMILES string of the molecule is COC(=O)[C@]1(Cc2ccccc2)C[C@@H]2[C@H](Cc3ccccc3)NC(=O)CN2C1=O. The number of benzene rings is 2. The van der Waals surface area contributed by atoms with Gasteiger partial charge in [0.15, 0.2) is 5.41 Å². The summed E-state index contributed by atoms with van der Waals surface area (Å²) in [4.78, 5) is 40.2. The van der Waals surface area contributed by atoms with Crippen molar-refractivity contribution in [2.75, 3.05) is 13.7 Å². The maximum Gasteiger partial charge on any atom is 0.321 e. The minimum Gasteiger partial charge on any atom is -0.468 e. The molecule has 6 nitrogen and oxygen atoms in total. The summed E-state index contributed by atoms with van der Waals surface area (Å²) in [7, 11) is 1.31. The lowest BCUT2D eigenvalue weighted by Gasteiger charge is -2.36. The summed E-state index contributed by atoms with van der Waals surface area (Å²) in [6, 6.07) is 18.8. The third kappa shape index (κ3) is 3.50. The van der Waals surface area contributed by atoms with E-state index < -0.39 is 11.4 Å². The summed E-state index contributed by atoms with van der Waals surface area (Å²) in [6.45, 7) is -0.0255. The van der Waals surface area contributed by atoms with E-state index in [2.05, 4.69) is 5.32 Å². The second-order valence-electron chi connectivity index (χ2n) is 7.80. The summed E-state index contributed by atoms with van der Waals surface area (Å²) in [6.07, 6.45) is 1.19. The van der Waals surface area contributed by atoms with Gasteiger partial charge in [0.25, 0.3) is 0 Å². The molecule has 4 rings (SSSR count). The van der Waals surface area contributed by atoms with E-state index in [1.54, 1.807) is 4.90 Å². The van der Waals surface area contributed by atoms with E-state index in [1.807, 2.05) is 60.7 Å². The zero-order chi connectivity index (χ0) is 20.4. The van der Waals surface area contributed by atoms with Gasteiger partial charge in [-0.2, -0.15) is 0 Å². The summed E-state index contributed by atoms with van der Waals surface area (Å²) >= 11 is 0. The number of carbonyl (C=O) groups is 3. The van der Waals surface area contributed by atoms with E-state index in [9.17, 15) is 14.4 Å². The number of nitrogens with zero attached hydrogens (tertiary/aromatic N) is 1. The summed E-state index contributed by atoms with van der Waals surface area (Å²) in [5.74, 6) is -1.05. The smallest absolute Gasteiger partial charge is 0.321 e. The second kappa shape index (κ2) is 7.70. The standard InChI is InChI=1S/C23H24N2O4/c1-29-22(28)23(13-17-10-6-3-7-11-17)14-19-18(12-16-8-4-2-5-9-16)24-20(26)15-25(19)21(23)27/h2-11,18-19H,12-15H2,1H3,(H,24,26)/t18-,19+,23+/m0/s1. The molecule has 3 atom stereocenters. The Labute approximate surface area is 169 Å². The number of amides is 2. The molecule has 0 unspecified atom stereocenters. The first-order valence-corrected chi connectivity index (χ1v) is 9.80. The van der Waals surface area contributed by atoms with Gasteiger partial charge in [-0.25, -0.2) is 0 Å². The molecule has 2 saturated heterocycles. The normalized spacial score (nSPS) is 26.0. The van der Waals surface area contributed by atoms with Crippen molar-refractivity contribution in [3.05, 3.63) is 71.8 Å². The molecule has 0 spiro atoms. The number of hydrogen-bond donors (Lipinski definition) is 1. The molecule has 0 saturated carbocycles. The Morgan fingerprint density at radius 3 is 2.31 bits per heavy atom. The number of esters is 1. The highest BCUT2D eigenvalue weighted by molar-refractivity contribution is 6.06. The van der Waals surface area contributed by atoms with Crippen molar-refractivity contribution in [2.24, 2.45) is 5.41 Å². The van der Waals surface area contributed by atoms with E-state index in [-0.39, 0.29) is 36.9 Å². The number of carbonyl (C=O) groups excluding carboxylic acids is 3. The third-order valence-corrected chi connectivity index (χ3v) is 5.98. The van der Waals surface area contributed by atoms with E-state index in [0.29, 0.717) is 12.8 Å². The molecule has 2 aromatic carbocycles. The average molecular weight is 392 g/mol. The van der Waals surface area contributed by atoms with Gasteiger partial charge in [0, 0.05) is 0 Å². The van der Waals surface area contributed by atoms with Crippen LogP contribution < -0.4 is 5.32 Å². The van der Waals surface area contributed by atoms with Gasteiger partial charge in [0.2, 0.25) is 11.8 Å². The first kappa shape index (κ1) is 19.2. The number of ether oxygens (including phenoxy) is 1. The van der Waals surface area contributed by atoms with E-state index in [4.69, 9.17) is 4.74 Å². The van der Waals surface area contributed by atoms with Crippen LogP contribution >= 0.6 is 0 Å². The molecule has 2 aromatic rings. The highest BCUT2D eigenvalue weighted by Gasteiger charge is 2.60. The minimum atomic E-state index is -1.30. The Kier molecular flexibility index (Phi) is 5.09. The fourth-order valence-corrected chi connectivity index (χ4v) is 4.62. The minimum absolute atomic E-state index is 0.0255. The van der Waals surface area contributed by atoms with Crippen LogP contribution in [0.2, 0.25) is 0 Å². The van der Waals surface area contributed by atoms with Gasteiger partial charge < -0.3 is 15.0 Å².